The lowest BCUT2D eigenvalue weighted by atomic mass is 9.86. The molecule has 5 nitrogen and oxygen atoms in total. The van der Waals surface area contributed by atoms with Crippen LogP contribution in [-0.4, -0.2) is 30.3 Å². The van der Waals surface area contributed by atoms with Crippen molar-refractivity contribution in [2.75, 3.05) is 25.5 Å². The van der Waals surface area contributed by atoms with Crippen molar-refractivity contribution < 1.29 is 23.0 Å². The number of pyridine rings is 1. The normalized spacial score (nSPS) is 15.4. The van der Waals surface area contributed by atoms with Crippen molar-refractivity contribution in [1.29, 1.82) is 0 Å². The zero-order chi connectivity index (χ0) is 20.6. The average molecular weight is 403 g/mol. The number of fused-ring (bicyclic) bond motifs is 1. The van der Waals surface area contributed by atoms with Crippen molar-refractivity contribution in [3.63, 3.8) is 0 Å². The summed E-state index contributed by atoms with van der Waals surface area (Å²) < 4.78 is 45.6. The Bertz CT molecular complexity index is 1050. The van der Waals surface area contributed by atoms with Crippen LogP contribution in [0.5, 0.6) is 5.75 Å². The number of aromatic nitrogens is 1. The molecule has 3 aromatic rings. The molecule has 0 atom stereocenters. The summed E-state index contributed by atoms with van der Waals surface area (Å²) in [4.78, 5) is 4.34. The van der Waals surface area contributed by atoms with Gasteiger partial charge in [-0.15, -0.1) is 0 Å². The third kappa shape index (κ3) is 3.49. The van der Waals surface area contributed by atoms with E-state index in [0.717, 1.165) is 6.07 Å². The summed E-state index contributed by atoms with van der Waals surface area (Å²) in [5.41, 5.74) is 0.404. The number of aliphatic hydroxyl groups is 1. The first-order chi connectivity index (χ1) is 13.9. The van der Waals surface area contributed by atoms with Crippen LogP contribution in [0.15, 0.2) is 42.6 Å². The van der Waals surface area contributed by atoms with Crippen LogP contribution in [0.3, 0.4) is 0 Å². The number of nitrogens with one attached hydrogen (secondary N) is 2. The van der Waals surface area contributed by atoms with Gasteiger partial charge in [0.25, 0.3) is 6.43 Å². The van der Waals surface area contributed by atoms with E-state index in [1.165, 1.54) is 19.2 Å². The number of halogens is 3. The summed E-state index contributed by atoms with van der Waals surface area (Å²) in [6, 6.07) is 9.22. The van der Waals surface area contributed by atoms with E-state index in [2.05, 4.69) is 15.6 Å². The number of β-amino-alcohol motifs (C(OH)–C–C–N with tert-alkyl or cyclic N) is 1. The summed E-state index contributed by atoms with van der Waals surface area (Å²) in [7, 11) is 1.53. The molecule has 1 fully saturated rings. The van der Waals surface area contributed by atoms with Crippen molar-refractivity contribution in [2.45, 2.75) is 18.6 Å². The van der Waals surface area contributed by atoms with E-state index in [9.17, 15) is 18.3 Å². The number of hydrogen-bond acceptors (Lipinski definition) is 5. The second-order valence-electron chi connectivity index (χ2n) is 7.04. The molecule has 0 aliphatic carbocycles. The van der Waals surface area contributed by atoms with Crippen molar-refractivity contribution >= 4 is 16.6 Å². The Morgan fingerprint density at radius 1 is 1.28 bits per heavy atom. The first-order valence-corrected chi connectivity index (χ1v) is 9.12. The Balaban J connectivity index is 1.70. The second-order valence-corrected chi connectivity index (χ2v) is 7.04. The summed E-state index contributed by atoms with van der Waals surface area (Å²) in [6.45, 7) is 0.839. The Morgan fingerprint density at radius 2 is 2.07 bits per heavy atom. The Hall–Kier alpha value is -2.84. The van der Waals surface area contributed by atoms with E-state index in [0.29, 0.717) is 41.0 Å². The predicted molar refractivity (Wildman–Crippen MR) is 104 cm³/mol. The maximum Gasteiger partial charge on any atom is 0.266 e. The van der Waals surface area contributed by atoms with E-state index >= 15 is 0 Å². The fourth-order valence-corrected chi connectivity index (χ4v) is 3.51. The lowest BCUT2D eigenvalue weighted by molar-refractivity contribution is -0.0163. The van der Waals surface area contributed by atoms with Gasteiger partial charge in [0.15, 0.2) is 0 Å². The fourth-order valence-electron chi connectivity index (χ4n) is 3.51. The van der Waals surface area contributed by atoms with Crippen LogP contribution in [0, 0.1) is 5.82 Å². The van der Waals surface area contributed by atoms with Gasteiger partial charge in [-0.05, 0) is 12.1 Å². The summed E-state index contributed by atoms with van der Waals surface area (Å²) in [6.07, 6.45) is -1.28. The van der Waals surface area contributed by atoms with Gasteiger partial charge in [0.2, 0.25) is 0 Å². The van der Waals surface area contributed by atoms with Crippen LogP contribution < -0.4 is 15.4 Å². The predicted octanol–water partition coefficient (Wildman–Crippen LogP) is 3.72. The number of anilines is 1. The Morgan fingerprint density at radius 3 is 2.72 bits per heavy atom. The zero-order valence-corrected chi connectivity index (χ0v) is 15.7. The molecule has 1 aromatic heterocycles. The number of rotatable bonds is 6. The monoisotopic (exact) mass is 403 g/mol. The van der Waals surface area contributed by atoms with Gasteiger partial charge >= 0.3 is 0 Å². The third-order valence-corrected chi connectivity index (χ3v) is 5.21. The Labute approximate surface area is 165 Å². The molecule has 0 saturated carbocycles. The molecular formula is C21H20F3N3O2. The van der Waals surface area contributed by atoms with Gasteiger partial charge in [0, 0.05) is 54.1 Å². The topological polar surface area (TPSA) is 66.4 Å². The molecular weight excluding hydrogens is 383 g/mol. The van der Waals surface area contributed by atoms with Gasteiger partial charge in [-0.1, -0.05) is 18.2 Å². The maximum atomic E-state index is 14.3. The third-order valence-electron chi connectivity index (χ3n) is 5.21. The first-order valence-electron chi connectivity index (χ1n) is 9.12. The second kappa shape index (κ2) is 7.53. The molecule has 152 valence electrons. The SMILES string of the molecule is COc1cc2nccc(NCc3cccc(C(F)F)c3F)c2cc1C1(O)CNC1. The highest BCUT2D eigenvalue weighted by molar-refractivity contribution is 5.93. The van der Waals surface area contributed by atoms with E-state index in [4.69, 9.17) is 4.74 Å². The van der Waals surface area contributed by atoms with E-state index < -0.39 is 23.4 Å². The van der Waals surface area contributed by atoms with Gasteiger partial charge in [0.05, 0.1) is 18.2 Å². The smallest absolute Gasteiger partial charge is 0.266 e. The lowest BCUT2D eigenvalue weighted by Gasteiger charge is -2.38. The lowest BCUT2D eigenvalue weighted by Crippen LogP contribution is -2.56. The number of benzene rings is 2. The van der Waals surface area contributed by atoms with Crippen LogP contribution in [0.4, 0.5) is 18.9 Å². The molecule has 3 N–H and O–H groups in total. The highest BCUT2D eigenvalue weighted by atomic mass is 19.3. The molecule has 2 aromatic carbocycles. The number of ether oxygens (including phenoxy) is 1. The van der Waals surface area contributed by atoms with E-state index in [1.807, 2.05) is 0 Å². The fraction of sp³-hybridized carbons (Fsp3) is 0.286. The summed E-state index contributed by atoms with van der Waals surface area (Å²) in [5.74, 6) is -0.382. The van der Waals surface area contributed by atoms with Gasteiger partial charge in [-0.2, -0.15) is 0 Å². The number of alkyl halides is 2. The first kappa shape index (κ1) is 19.5. The van der Waals surface area contributed by atoms with Gasteiger partial charge in [0.1, 0.15) is 17.2 Å². The number of methoxy groups -OCH3 is 1. The minimum atomic E-state index is -2.87. The molecule has 2 heterocycles. The van der Waals surface area contributed by atoms with Crippen LogP contribution in [0.1, 0.15) is 23.1 Å². The number of nitrogens with zero attached hydrogens (tertiary/aromatic N) is 1. The molecule has 8 heteroatoms. The molecule has 29 heavy (non-hydrogen) atoms. The minimum Gasteiger partial charge on any atom is -0.496 e. The molecule has 0 spiro atoms. The van der Waals surface area contributed by atoms with Gasteiger partial charge < -0.3 is 20.5 Å². The van der Waals surface area contributed by atoms with Gasteiger partial charge in [-0.25, -0.2) is 13.2 Å². The van der Waals surface area contributed by atoms with E-state index in [-0.39, 0.29) is 12.1 Å². The minimum absolute atomic E-state index is 0.0265. The van der Waals surface area contributed by atoms with Gasteiger partial charge in [-0.3, -0.25) is 4.98 Å². The van der Waals surface area contributed by atoms with Crippen LogP contribution >= 0.6 is 0 Å². The van der Waals surface area contributed by atoms with Crippen molar-refractivity contribution in [3.8, 4) is 5.75 Å². The van der Waals surface area contributed by atoms with Crippen molar-refractivity contribution in [3.05, 3.63) is 65.1 Å². The van der Waals surface area contributed by atoms with Crippen molar-refractivity contribution in [2.24, 2.45) is 0 Å². The molecule has 0 bridgehead atoms. The number of hydrogen-bond donors (Lipinski definition) is 3. The molecule has 0 unspecified atom stereocenters. The Kier molecular flexibility index (Phi) is 5.06. The molecule has 0 amide bonds. The zero-order valence-electron chi connectivity index (χ0n) is 15.7. The molecule has 1 aliphatic rings. The molecule has 1 saturated heterocycles. The summed E-state index contributed by atoms with van der Waals surface area (Å²) in [5, 5.41) is 17.6. The largest absolute Gasteiger partial charge is 0.496 e. The highest BCUT2D eigenvalue weighted by Gasteiger charge is 2.39. The van der Waals surface area contributed by atoms with E-state index in [1.54, 1.807) is 24.4 Å². The van der Waals surface area contributed by atoms with Crippen LogP contribution in [0.2, 0.25) is 0 Å². The van der Waals surface area contributed by atoms with Crippen LogP contribution in [-0.2, 0) is 12.1 Å². The summed E-state index contributed by atoms with van der Waals surface area (Å²) >= 11 is 0. The quantitative estimate of drug-likeness (QED) is 0.585. The highest BCUT2D eigenvalue weighted by Crippen LogP contribution is 2.37. The van der Waals surface area contributed by atoms with Crippen molar-refractivity contribution in [1.82, 2.24) is 10.3 Å². The maximum absolute atomic E-state index is 14.3. The average Bonchev–Trinajstić information content (AvgIpc) is 2.70. The standard InChI is InChI=1S/C21H20F3N3O2/c1-29-18-8-17-14(7-15(18)21(28)10-25-11-21)16(5-6-26-17)27-9-12-3-2-4-13(19(12)22)20(23)24/h2-8,20,25,28H,9-11H2,1H3,(H,26,27). The van der Waals surface area contributed by atoms with Crippen LogP contribution in [0.25, 0.3) is 10.9 Å². The molecule has 4 rings (SSSR count). The molecule has 0 radical (unpaired) electrons. The molecule has 1 aliphatic heterocycles.